The number of para-hydroxylation sites is 1. The molecule has 2 rings (SSSR count). The molecule has 1 unspecified atom stereocenters. The van der Waals surface area contributed by atoms with Gasteiger partial charge in [-0.05, 0) is 24.6 Å². The van der Waals surface area contributed by atoms with Gasteiger partial charge in [-0.25, -0.2) is 5.84 Å². The van der Waals surface area contributed by atoms with Crippen LogP contribution < -0.4 is 21.9 Å². The van der Waals surface area contributed by atoms with Gasteiger partial charge in [0.25, 0.3) is 5.91 Å². The zero-order chi connectivity index (χ0) is 13.1. The molecule has 6 heteroatoms. The SMILES string of the molecule is NCC1CC(=O)N(c2ccccc2C(=O)NN)C1. The molecule has 0 bridgehead atoms. The average molecular weight is 248 g/mol. The second-order valence-corrected chi connectivity index (χ2v) is 4.30. The first-order valence-electron chi connectivity index (χ1n) is 5.77. The highest BCUT2D eigenvalue weighted by Gasteiger charge is 2.31. The summed E-state index contributed by atoms with van der Waals surface area (Å²) in [4.78, 5) is 25.2. The molecule has 0 aromatic heterocycles. The number of carbonyl (C=O) groups is 2. The van der Waals surface area contributed by atoms with Crippen molar-refractivity contribution in [2.24, 2.45) is 17.5 Å². The molecule has 1 saturated heterocycles. The number of anilines is 1. The molecule has 6 nitrogen and oxygen atoms in total. The van der Waals surface area contributed by atoms with Crippen molar-refractivity contribution in [3.05, 3.63) is 29.8 Å². The molecule has 5 N–H and O–H groups in total. The third kappa shape index (κ3) is 2.20. The Morgan fingerprint density at radius 3 is 2.78 bits per heavy atom. The van der Waals surface area contributed by atoms with Gasteiger partial charge in [-0.3, -0.25) is 15.0 Å². The van der Waals surface area contributed by atoms with Crippen LogP contribution in [0.4, 0.5) is 5.69 Å². The number of benzene rings is 1. The normalized spacial score (nSPS) is 19.1. The Morgan fingerprint density at radius 2 is 2.17 bits per heavy atom. The third-order valence-electron chi connectivity index (χ3n) is 3.11. The van der Waals surface area contributed by atoms with Crippen LogP contribution in [-0.2, 0) is 4.79 Å². The Kier molecular flexibility index (Phi) is 3.59. The number of nitrogen functional groups attached to an aromatic ring is 1. The van der Waals surface area contributed by atoms with Crippen molar-refractivity contribution in [3.63, 3.8) is 0 Å². The summed E-state index contributed by atoms with van der Waals surface area (Å²) < 4.78 is 0. The highest BCUT2D eigenvalue weighted by atomic mass is 16.2. The third-order valence-corrected chi connectivity index (χ3v) is 3.11. The van der Waals surface area contributed by atoms with E-state index in [1.165, 1.54) is 0 Å². The molecule has 1 atom stereocenters. The summed E-state index contributed by atoms with van der Waals surface area (Å²) in [6.07, 6.45) is 0.426. The first-order chi connectivity index (χ1) is 8.67. The van der Waals surface area contributed by atoms with Gasteiger partial charge in [-0.1, -0.05) is 12.1 Å². The molecular weight excluding hydrogens is 232 g/mol. The zero-order valence-electron chi connectivity index (χ0n) is 9.93. The molecule has 96 valence electrons. The lowest BCUT2D eigenvalue weighted by molar-refractivity contribution is -0.117. The Labute approximate surface area is 105 Å². The van der Waals surface area contributed by atoms with Crippen LogP contribution in [0.25, 0.3) is 0 Å². The van der Waals surface area contributed by atoms with E-state index >= 15 is 0 Å². The van der Waals surface area contributed by atoms with E-state index in [0.717, 1.165) is 0 Å². The summed E-state index contributed by atoms with van der Waals surface area (Å²) in [6.45, 7) is 1.01. The molecule has 0 saturated carbocycles. The van der Waals surface area contributed by atoms with Gasteiger partial charge in [0.2, 0.25) is 5.91 Å². The topological polar surface area (TPSA) is 101 Å². The standard InChI is InChI=1S/C12H16N4O2/c13-6-8-5-11(17)16(7-8)10-4-2-1-3-9(10)12(18)15-14/h1-4,8H,5-7,13-14H2,(H,15,18). The van der Waals surface area contributed by atoms with Gasteiger partial charge in [0.05, 0.1) is 11.3 Å². The van der Waals surface area contributed by atoms with Gasteiger partial charge in [-0.2, -0.15) is 0 Å². The maximum Gasteiger partial charge on any atom is 0.267 e. The molecule has 1 aromatic rings. The van der Waals surface area contributed by atoms with Crippen molar-refractivity contribution in [1.82, 2.24) is 5.43 Å². The van der Waals surface area contributed by atoms with Crippen LogP contribution in [0.1, 0.15) is 16.8 Å². The van der Waals surface area contributed by atoms with Crippen molar-refractivity contribution in [3.8, 4) is 0 Å². The predicted molar refractivity (Wildman–Crippen MR) is 67.6 cm³/mol. The monoisotopic (exact) mass is 248 g/mol. The Hall–Kier alpha value is -1.92. The first-order valence-corrected chi connectivity index (χ1v) is 5.77. The molecule has 0 aliphatic carbocycles. The van der Waals surface area contributed by atoms with Crippen molar-refractivity contribution in [2.75, 3.05) is 18.0 Å². The van der Waals surface area contributed by atoms with Crippen molar-refractivity contribution < 1.29 is 9.59 Å². The number of hydrogen-bond donors (Lipinski definition) is 3. The quantitative estimate of drug-likeness (QED) is 0.385. The van der Waals surface area contributed by atoms with Gasteiger partial charge in [0.1, 0.15) is 0 Å². The molecule has 2 amide bonds. The van der Waals surface area contributed by atoms with E-state index in [2.05, 4.69) is 5.43 Å². The second kappa shape index (κ2) is 5.16. The number of rotatable bonds is 3. The van der Waals surface area contributed by atoms with E-state index in [-0.39, 0.29) is 11.8 Å². The first kappa shape index (κ1) is 12.5. The number of nitrogens with zero attached hydrogens (tertiary/aromatic N) is 1. The van der Waals surface area contributed by atoms with Crippen LogP contribution in [0, 0.1) is 5.92 Å². The summed E-state index contributed by atoms with van der Waals surface area (Å²) in [6, 6.07) is 6.89. The maximum atomic E-state index is 11.9. The van der Waals surface area contributed by atoms with Crippen LogP contribution in [0.2, 0.25) is 0 Å². The minimum absolute atomic E-state index is 0.0114. The highest BCUT2D eigenvalue weighted by molar-refractivity contribution is 6.05. The fraction of sp³-hybridized carbons (Fsp3) is 0.333. The maximum absolute atomic E-state index is 11.9. The van der Waals surface area contributed by atoms with Crippen molar-refractivity contribution in [1.29, 1.82) is 0 Å². The van der Waals surface area contributed by atoms with Crippen LogP contribution in [0.5, 0.6) is 0 Å². The van der Waals surface area contributed by atoms with E-state index in [0.29, 0.717) is 30.8 Å². The predicted octanol–water partition coefficient (Wildman–Crippen LogP) is -0.398. The lowest BCUT2D eigenvalue weighted by Gasteiger charge is -2.19. The Bertz CT molecular complexity index is 475. The number of hydrogen-bond acceptors (Lipinski definition) is 4. The minimum atomic E-state index is -0.408. The fourth-order valence-electron chi connectivity index (χ4n) is 2.15. The molecule has 18 heavy (non-hydrogen) atoms. The molecule has 1 aliphatic rings. The number of amides is 2. The minimum Gasteiger partial charge on any atom is -0.330 e. The number of hydrazine groups is 1. The summed E-state index contributed by atoms with van der Waals surface area (Å²) in [5, 5.41) is 0. The van der Waals surface area contributed by atoms with Crippen LogP contribution in [0.15, 0.2) is 24.3 Å². The van der Waals surface area contributed by atoms with Gasteiger partial charge in [0, 0.05) is 13.0 Å². The number of nitrogens with two attached hydrogens (primary N) is 2. The van der Waals surface area contributed by atoms with Crippen LogP contribution in [0.3, 0.4) is 0 Å². The summed E-state index contributed by atoms with van der Waals surface area (Å²) in [5.41, 5.74) is 8.64. The van der Waals surface area contributed by atoms with Crippen LogP contribution >= 0.6 is 0 Å². The van der Waals surface area contributed by atoms with E-state index < -0.39 is 5.91 Å². The van der Waals surface area contributed by atoms with Gasteiger partial charge >= 0.3 is 0 Å². The lowest BCUT2D eigenvalue weighted by atomic mass is 10.1. The summed E-state index contributed by atoms with van der Waals surface area (Å²) in [7, 11) is 0. The van der Waals surface area contributed by atoms with Gasteiger partial charge in [-0.15, -0.1) is 0 Å². The fourth-order valence-corrected chi connectivity index (χ4v) is 2.15. The lowest BCUT2D eigenvalue weighted by Crippen LogP contribution is -2.33. The molecule has 1 aliphatic heterocycles. The van der Waals surface area contributed by atoms with Crippen molar-refractivity contribution in [2.45, 2.75) is 6.42 Å². The molecule has 0 spiro atoms. The van der Waals surface area contributed by atoms with Gasteiger partial charge in [0.15, 0.2) is 0 Å². The summed E-state index contributed by atoms with van der Waals surface area (Å²) in [5.74, 6) is 4.86. The van der Waals surface area contributed by atoms with E-state index in [1.807, 2.05) is 0 Å². The Balaban J connectivity index is 2.34. The largest absolute Gasteiger partial charge is 0.330 e. The molecule has 1 heterocycles. The summed E-state index contributed by atoms with van der Waals surface area (Å²) >= 11 is 0. The molecule has 0 radical (unpaired) electrons. The van der Waals surface area contributed by atoms with E-state index in [9.17, 15) is 9.59 Å². The van der Waals surface area contributed by atoms with Crippen LogP contribution in [-0.4, -0.2) is 24.9 Å². The molecule has 1 fully saturated rings. The second-order valence-electron chi connectivity index (χ2n) is 4.30. The highest BCUT2D eigenvalue weighted by Crippen LogP contribution is 2.27. The number of carbonyl (C=O) groups excluding carboxylic acids is 2. The Morgan fingerprint density at radius 1 is 1.44 bits per heavy atom. The molecule has 1 aromatic carbocycles. The average Bonchev–Trinajstić information content (AvgIpc) is 2.79. The van der Waals surface area contributed by atoms with E-state index in [1.54, 1.807) is 29.2 Å². The van der Waals surface area contributed by atoms with E-state index in [4.69, 9.17) is 11.6 Å². The zero-order valence-corrected chi connectivity index (χ0v) is 9.93. The van der Waals surface area contributed by atoms with Gasteiger partial charge < -0.3 is 10.6 Å². The number of nitrogens with one attached hydrogen (secondary N) is 1. The molecular formula is C12H16N4O2. The van der Waals surface area contributed by atoms with Crippen molar-refractivity contribution >= 4 is 17.5 Å². The smallest absolute Gasteiger partial charge is 0.267 e.